The van der Waals surface area contributed by atoms with Gasteiger partial charge in [-0.2, -0.15) is 5.26 Å². The molecule has 0 radical (unpaired) electrons. The highest BCUT2D eigenvalue weighted by molar-refractivity contribution is 5.79. The average Bonchev–Trinajstić information content (AvgIpc) is 2.68. The summed E-state index contributed by atoms with van der Waals surface area (Å²) >= 11 is 0. The molecule has 0 atom stereocenters. The molecule has 0 aliphatic heterocycles. The summed E-state index contributed by atoms with van der Waals surface area (Å²) in [5.74, 6) is 0. The van der Waals surface area contributed by atoms with E-state index in [2.05, 4.69) is 59.1 Å². The topological polar surface area (TPSA) is 75.8 Å². The fraction of sp³-hybridized carbons (Fsp3) is 0.190. The van der Waals surface area contributed by atoms with Crippen LogP contribution in [0.4, 0.5) is 11.4 Å². The van der Waals surface area contributed by atoms with E-state index < -0.39 is 0 Å². The van der Waals surface area contributed by atoms with E-state index in [0.717, 1.165) is 24.2 Å². The average molecular weight is 343 g/mol. The second-order valence-corrected chi connectivity index (χ2v) is 5.55. The number of benzene rings is 2. The van der Waals surface area contributed by atoms with Gasteiger partial charge in [0, 0.05) is 29.4 Å². The maximum Gasteiger partial charge on any atom is 0.0997 e. The van der Waals surface area contributed by atoms with Crippen molar-refractivity contribution in [2.24, 2.45) is 5.11 Å². The van der Waals surface area contributed by atoms with Crippen LogP contribution in [0.25, 0.3) is 22.1 Å². The fourth-order valence-electron chi connectivity index (χ4n) is 2.60. The Balaban J connectivity index is 2.13. The monoisotopic (exact) mass is 343 g/mol. The molecule has 5 nitrogen and oxygen atoms in total. The molecule has 2 aromatic carbocycles. The summed E-state index contributed by atoms with van der Waals surface area (Å²) in [5.41, 5.74) is 12.6. The van der Waals surface area contributed by atoms with Gasteiger partial charge < -0.3 is 4.90 Å². The first-order valence-corrected chi connectivity index (χ1v) is 8.50. The molecule has 2 rings (SSSR count). The molecule has 0 saturated carbocycles. The van der Waals surface area contributed by atoms with E-state index in [1.54, 1.807) is 30.3 Å². The van der Waals surface area contributed by atoms with E-state index >= 15 is 0 Å². The molecule has 130 valence electrons. The molecule has 0 aliphatic carbocycles. The van der Waals surface area contributed by atoms with Gasteiger partial charge >= 0.3 is 0 Å². The molecule has 26 heavy (non-hydrogen) atoms. The van der Waals surface area contributed by atoms with Gasteiger partial charge in [-0.15, -0.1) is 0 Å². The lowest BCUT2D eigenvalue weighted by Crippen LogP contribution is -2.21. The van der Waals surface area contributed by atoms with Crippen molar-refractivity contribution in [2.45, 2.75) is 13.8 Å². The van der Waals surface area contributed by atoms with Crippen LogP contribution in [0.2, 0.25) is 0 Å². The zero-order chi connectivity index (χ0) is 18.8. The molecular weight excluding hydrogens is 322 g/mol. The molecule has 0 unspecified atom stereocenters. The highest BCUT2D eigenvalue weighted by Gasteiger charge is 2.01. The van der Waals surface area contributed by atoms with Gasteiger partial charge in [-0.25, -0.2) is 0 Å². The lowest BCUT2D eigenvalue weighted by Gasteiger charge is -2.20. The minimum atomic E-state index is 0.525. The number of nitriles is 1. The number of hydrogen-bond acceptors (Lipinski definition) is 3. The minimum Gasteiger partial charge on any atom is -0.372 e. The molecule has 0 amide bonds. The largest absolute Gasteiger partial charge is 0.372 e. The van der Waals surface area contributed by atoms with E-state index in [1.807, 2.05) is 12.2 Å². The first-order valence-electron chi connectivity index (χ1n) is 8.50. The highest BCUT2D eigenvalue weighted by atomic mass is 15.1. The summed E-state index contributed by atoms with van der Waals surface area (Å²) < 4.78 is 0. The van der Waals surface area contributed by atoms with Gasteiger partial charge in [0.05, 0.1) is 11.6 Å². The molecular formula is C21H21N5. The van der Waals surface area contributed by atoms with Crippen LogP contribution in [-0.2, 0) is 0 Å². The first-order chi connectivity index (χ1) is 12.7. The zero-order valence-corrected chi connectivity index (χ0v) is 15.0. The molecule has 0 saturated heterocycles. The molecule has 0 heterocycles. The minimum absolute atomic E-state index is 0.525. The number of nitrogens with zero attached hydrogens (tertiary/aromatic N) is 5. The Hall–Kier alpha value is -3.48. The van der Waals surface area contributed by atoms with E-state index in [-0.39, 0.29) is 0 Å². The summed E-state index contributed by atoms with van der Waals surface area (Å²) in [5, 5.41) is 12.9. The second kappa shape index (κ2) is 9.73. The van der Waals surface area contributed by atoms with Crippen molar-refractivity contribution in [3.8, 4) is 6.07 Å². The maximum atomic E-state index is 9.36. The summed E-state index contributed by atoms with van der Waals surface area (Å²) in [6.45, 7) is 6.26. The number of hydrogen-bond donors (Lipinski definition) is 0. The van der Waals surface area contributed by atoms with Crippen LogP contribution >= 0.6 is 0 Å². The van der Waals surface area contributed by atoms with Crippen LogP contribution in [0.5, 0.6) is 0 Å². The van der Waals surface area contributed by atoms with E-state index in [4.69, 9.17) is 5.53 Å². The van der Waals surface area contributed by atoms with Crippen molar-refractivity contribution in [2.75, 3.05) is 18.0 Å². The summed E-state index contributed by atoms with van der Waals surface area (Å²) in [6.07, 6.45) is 5.62. The maximum absolute atomic E-state index is 9.36. The number of azide groups is 1. The molecule has 2 aromatic rings. The fourth-order valence-corrected chi connectivity index (χ4v) is 2.60. The van der Waals surface area contributed by atoms with Crippen molar-refractivity contribution in [3.05, 3.63) is 82.3 Å². The lowest BCUT2D eigenvalue weighted by molar-refractivity contribution is 0.866. The molecule has 0 N–H and O–H groups in total. The van der Waals surface area contributed by atoms with Gasteiger partial charge in [0.15, 0.2) is 0 Å². The molecule has 0 aliphatic rings. The predicted octanol–water partition coefficient (Wildman–Crippen LogP) is 6.09. The molecule has 5 heteroatoms. The molecule has 0 aromatic heterocycles. The number of rotatable bonds is 7. The van der Waals surface area contributed by atoms with Crippen LogP contribution in [-0.4, -0.2) is 13.1 Å². The third-order valence-electron chi connectivity index (χ3n) is 4.03. The first kappa shape index (κ1) is 18.9. The summed E-state index contributed by atoms with van der Waals surface area (Å²) in [7, 11) is 0. The van der Waals surface area contributed by atoms with Crippen LogP contribution in [0, 0.1) is 11.3 Å². The van der Waals surface area contributed by atoms with E-state index in [1.165, 1.54) is 5.69 Å². The summed E-state index contributed by atoms with van der Waals surface area (Å²) in [4.78, 5) is 5.04. The highest BCUT2D eigenvalue weighted by Crippen LogP contribution is 2.20. The number of anilines is 1. The third-order valence-corrected chi connectivity index (χ3v) is 4.03. The molecule has 0 spiro atoms. The normalized spacial score (nSPS) is 11.0. The second-order valence-electron chi connectivity index (χ2n) is 5.55. The number of allylic oxidation sites excluding steroid dienone is 3. The van der Waals surface area contributed by atoms with Gasteiger partial charge in [0.2, 0.25) is 0 Å². The van der Waals surface area contributed by atoms with Crippen molar-refractivity contribution < 1.29 is 0 Å². The van der Waals surface area contributed by atoms with Gasteiger partial charge in [0.1, 0.15) is 0 Å². The van der Waals surface area contributed by atoms with Crippen LogP contribution in [0.1, 0.15) is 25.0 Å². The van der Waals surface area contributed by atoms with Crippen LogP contribution < -0.4 is 4.90 Å². The van der Waals surface area contributed by atoms with Gasteiger partial charge in [-0.05, 0) is 48.7 Å². The Morgan fingerprint density at radius 2 is 1.77 bits per heavy atom. The Bertz CT molecular complexity index is 860. The van der Waals surface area contributed by atoms with Crippen molar-refractivity contribution in [1.29, 1.82) is 5.26 Å². The summed E-state index contributed by atoms with van der Waals surface area (Å²) in [6, 6.07) is 17.5. The molecule has 0 fully saturated rings. The zero-order valence-electron chi connectivity index (χ0n) is 15.0. The quantitative estimate of drug-likeness (QED) is 0.200. The van der Waals surface area contributed by atoms with Gasteiger partial charge in [-0.1, -0.05) is 53.7 Å². The smallest absolute Gasteiger partial charge is 0.0997 e. The molecule has 0 bridgehead atoms. The Morgan fingerprint density at radius 1 is 1.12 bits per heavy atom. The standard InChI is InChI=1S/C21H21N5/c1-3-26(4-2)21-14-8-17(9-15-21)6-5-7-19(16-22)18-10-12-20(13-11-18)24-25-23/h5-15H,3-4H2,1-2H3. The Labute approximate surface area is 154 Å². The van der Waals surface area contributed by atoms with Crippen molar-refractivity contribution in [1.82, 2.24) is 0 Å². The Kier molecular flexibility index (Phi) is 7.05. The van der Waals surface area contributed by atoms with Crippen molar-refractivity contribution in [3.63, 3.8) is 0 Å². The van der Waals surface area contributed by atoms with Crippen LogP contribution in [0.15, 0.2) is 65.8 Å². The van der Waals surface area contributed by atoms with E-state index in [9.17, 15) is 5.26 Å². The van der Waals surface area contributed by atoms with Gasteiger partial charge in [-0.3, -0.25) is 0 Å². The Morgan fingerprint density at radius 3 is 2.31 bits per heavy atom. The SMILES string of the molecule is CCN(CC)c1ccc(C=CC=C(C#N)c2ccc(N=[N+]=[N-])cc2)cc1. The van der Waals surface area contributed by atoms with Crippen LogP contribution in [0.3, 0.4) is 0 Å². The van der Waals surface area contributed by atoms with Gasteiger partial charge in [0.25, 0.3) is 0 Å². The lowest BCUT2D eigenvalue weighted by atomic mass is 10.1. The van der Waals surface area contributed by atoms with Crippen molar-refractivity contribution >= 4 is 23.0 Å². The predicted molar refractivity (Wildman–Crippen MR) is 108 cm³/mol. The third kappa shape index (κ3) is 5.01. The van der Waals surface area contributed by atoms with E-state index in [0.29, 0.717) is 11.3 Å².